The van der Waals surface area contributed by atoms with Crippen LogP contribution in [0.15, 0.2) is 0 Å². The van der Waals surface area contributed by atoms with E-state index in [1.165, 1.54) is 116 Å². The Morgan fingerprint density at radius 2 is 0.783 bits per heavy atom. The van der Waals surface area contributed by atoms with Gasteiger partial charge in [0.2, 0.25) is 0 Å². The molecule has 0 spiro atoms. The van der Waals surface area contributed by atoms with E-state index in [0.717, 1.165) is 0 Å². The van der Waals surface area contributed by atoms with Crippen LogP contribution in [0.2, 0.25) is 0 Å². The van der Waals surface area contributed by atoms with Gasteiger partial charge in [0.15, 0.2) is 0 Å². The molecule has 2 heteroatoms. The van der Waals surface area contributed by atoms with Gasteiger partial charge in [-0.25, -0.2) is 0 Å². The summed E-state index contributed by atoms with van der Waals surface area (Å²) in [6.45, 7) is 6.98. The van der Waals surface area contributed by atoms with E-state index in [1.54, 1.807) is 0 Å². The third-order valence-corrected chi connectivity index (χ3v) is 5.16. The van der Waals surface area contributed by atoms with Gasteiger partial charge in [-0.05, 0) is 25.9 Å². The molecule has 0 unspecified atom stereocenters. The van der Waals surface area contributed by atoms with Crippen LogP contribution in [0.25, 0.3) is 0 Å². The SMILES string of the molecule is CCCCCCCCCCN(CCl)CCCCCCCCCC. The predicted octanol–water partition coefficient (Wildman–Crippen LogP) is 7.77. The lowest BCUT2D eigenvalue weighted by Gasteiger charge is -2.19. The molecule has 0 rings (SSSR count). The highest BCUT2D eigenvalue weighted by atomic mass is 35.5. The van der Waals surface area contributed by atoms with E-state index < -0.39 is 0 Å². The van der Waals surface area contributed by atoms with Crippen molar-refractivity contribution in [2.24, 2.45) is 0 Å². The van der Waals surface area contributed by atoms with E-state index in [9.17, 15) is 0 Å². The van der Waals surface area contributed by atoms with E-state index in [0.29, 0.717) is 6.00 Å². The first-order valence-corrected chi connectivity index (χ1v) is 11.2. The molecule has 23 heavy (non-hydrogen) atoms. The summed E-state index contributed by atoms with van der Waals surface area (Å²) in [5.41, 5.74) is 0. The first kappa shape index (κ1) is 23.2. The first-order chi connectivity index (χ1) is 11.3. The maximum atomic E-state index is 6.09. The van der Waals surface area contributed by atoms with Gasteiger partial charge in [-0.1, -0.05) is 104 Å². The van der Waals surface area contributed by atoms with E-state index in [4.69, 9.17) is 11.6 Å². The number of unbranched alkanes of at least 4 members (excludes halogenated alkanes) is 14. The van der Waals surface area contributed by atoms with Crippen molar-refractivity contribution < 1.29 is 0 Å². The standard InChI is InChI=1S/C21H44ClN/c1-3-5-7-9-11-13-15-17-19-23(21-22)20-18-16-14-12-10-8-6-4-2/h3-21H2,1-2H3. The third-order valence-electron chi connectivity index (χ3n) is 4.82. The zero-order valence-electron chi connectivity index (χ0n) is 16.3. The van der Waals surface area contributed by atoms with Gasteiger partial charge in [0.25, 0.3) is 0 Å². The topological polar surface area (TPSA) is 3.24 Å². The molecule has 0 aliphatic heterocycles. The average molecular weight is 346 g/mol. The minimum Gasteiger partial charge on any atom is -0.290 e. The van der Waals surface area contributed by atoms with Crippen LogP contribution in [-0.4, -0.2) is 24.0 Å². The van der Waals surface area contributed by atoms with Gasteiger partial charge in [0, 0.05) is 0 Å². The molecule has 0 aliphatic rings. The first-order valence-electron chi connectivity index (χ1n) is 10.6. The molecule has 0 aromatic heterocycles. The maximum Gasteiger partial charge on any atom is 0.0738 e. The molecule has 0 bridgehead atoms. The summed E-state index contributed by atoms with van der Waals surface area (Å²) < 4.78 is 0. The van der Waals surface area contributed by atoms with E-state index in [-0.39, 0.29) is 0 Å². The van der Waals surface area contributed by atoms with Crippen molar-refractivity contribution in [3.8, 4) is 0 Å². The minimum atomic E-state index is 0.715. The molecule has 0 aliphatic carbocycles. The van der Waals surface area contributed by atoms with Crippen molar-refractivity contribution in [1.29, 1.82) is 0 Å². The number of alkyl halides is 1. The van der Waals surface area contributed by atoms with Crippen LogP contribution in [0.5, 0.6) is 0 Å². The zero-order valence-corrected chi connectivity index (χ0v) is 17.0. The van der Waals surface area contributed by atoms with Crippen LogP contribution in [0.4, 0.5) is 0 Å². The van der Waals surface area contributed by atoms with Crippen LogP contribution in [-0.2, 0) is 0 Å². The lowest BCUT2D eigenvalue weighted by Crippen LogP contribution is -2.24. The molecule has 0 saturated heterocycles. The smallest absolute Gasteiger partial charge is 0.0738 e. The molecule has 0 N–H and O–H groups in total. The second-order valence-electron chi connectivity index (χ2n) is 7.19. The van der Waals surface area contributed by atoms with Crippen molar-refractivity contribution >= 4 is 11.6 Å². The Kier molecular flexibility index (Phi) is 20.5. The number of hydrogen-bond donors (Lipinski definition) is 0. The summed E-state index contributed by atoms with van der Waals surface area (Å²) >= 11 is 6.09. The predicted molar refractivity (Wildman–Crippen MR) is 108 cm³/mol. The fourth-order valence-corrected chi connectivity index (χ4v) is 3.41. The zero-order chi connectivity index (χ0) is 17.0. The molecule has 1 nitrogen and oxygen atoms in total. The van der Waals surface area contributed by atoms with Crippen molar-refractivity contribution in [2.75, 3.05) is 19.1 Å². The van der Waals surface area contributed by atoms with Gasteiger partial charge in [-0.3, -0.25) is 4.90 Å². The fraction of sp³-hybridized carbons (Fsp3) is 1.00. The molecule has 0 aromatic carbocycles. The second-order valence-corrected chi connectivity index (χ2v) is 7.43. The maximum absolute atomic E-state index is 6.09. The Labute approximate surface area is 152 Å². The summed E-state index contributed by atoms with van der Waals surface area (Å²) in [6.07, 6.45) is 22.4. The Balaban J connectivity index is 3.29. The molecule has 140 valence electrons. The number of nitrogens with zero attached hydrogens (tertiary/aromatic N) is 1. The van der Waals surface area contributed by atoms with Gasteiger partial charge >= 0.3 is 0 Å². The molecular formula is C21H44ClN. The minimum absolute atomic E-state index is 0.715. The van der Waals surface area contributed by atoms with Gasteiger partial charge in [0.1, 0.15) is 0 Å². The normalized spacial score (nSPS) is 11.5. The molecule has 0 fully saturated rings. The summed E-state index contributed by atoms with van der Waals surface area (Å²) in [4.78, 5) is 2.44. The number of halogens is 1. The Morgan fingerprint density at radius 1 is 0.478 bits per heavy atom. The summed E-state index contributed by atoms with van der Waals surface area (Å²) in [6, 6.07) is 0.715. The lowest BCUT2D eigenvalue weighted by atomic mass is 10.1. The Morgan fingerprint density at radius 3 is 1.09 bits per heavy atom. The van der Waals surface area contributed by atoms with Crippen LogP contribution in [0, 0.1) is 0 Å². The highest BCUT2D eigenvalue weighted by Gasteiger charge is 2.02. The average Bonchev–Trinajstić information content (AvgIpc) is 2.57. The highest BCUT2D eigenvalue weighted by molar-refractivity contribution is 6.17. The van der Waals surface area contributed by atoms with E-state index in [2.05, 4.69) is 18.7 Å². The Hall–Kier alpha value is 0.250. The van der Waals surface area contributed by atoms with Crippen molar-refractivity contribution in [3.05, 3.63) is 0 Å². The van der Waals surface area contributed by atoms with Crippen LogP contribution < -0.4 is 0 Å². The monoisotopic (exact) mass is 345 g/mol. The molecule has 0 heterocycles. The van der Waals surface area contributed by atoms with Crippen molar-refractivity contribution in [3.63, 3.8) is 0 Å². The summed E-state index contributed by atoms with van der Waals surface area (Å²) in [7, 11) is 0. The van der Waals surface area contributed by atoms with Gasteiger partial charge in [0.05, 0.1) is 6.00 Å². The molecule has 0 amide bonds. The summed E-state index contributed by atoms with van der Waals surface area (Å²) in [5, 5.41) is 0. The van der Waals surface area contributed by atoms with Crippen molar-refractivity contribution in [1.82, 2.24) is 4.90 Å². The molecule has 0 radical (unpaired) electrons. The number of hydrogen-bond acceptors (Lipinski definition) is 1. The van der Waals surface area contributed by atoms with Crippen molar-refractivity contribution in [2.45, 2.75) is 117 Å². The lowest BCUT2D eigenvalue weighted by molar-refractivity contribution is 0.299. The third kappa shape index (κ3) is 18.4. The van der Waals surface area contributed by atoms with Crippen LogP contribution >= 0.6 is 11.6 Å². The van der Waals surface area contributed by atoms with Gasteiger partial charge < -0.3 is 0 Å². The second kappa shape index (κ2) is 20.3. The number of rotatable bonds is 19. The van der Waals surface area contributed by atoms with E-state index >= 15 is 0 Å². The largest absolute Gasteiger partial charge is 0.290 e. The van der Waals surface area contributed by atoms with Crippen LogP contribution in [0.3, 0.4) is 0 Å². The van der Waals surface area contributed by atoms with Crippen LogP contribution in [0.1, 0.15) is 117 Å². The highest BCUT2D eigenvalue weighted by Crippen LogP contribution is 2.11. The molecule has 0 atom stereocenters. The molecular weight excluding hydrogens is 302 g/mol. The quantitative estimate of drug-likeness (QED) is 0.131. The summed E-state index contributed by atoms with van der Waals surface area (Å²) in [5.74, 6) is 0. The van der Waals surface area contributed by atoms with Gasteiger partial charge in [-0.2, -0.15) is 0 Å². The Bertz CT molecular complexity index is 188. The molecule has 0 aromatic rings. The molecule has 0 saturated carbocycles. The van der Waals surface area contributed by atoms with Gasteiger partial charge in [-0.15, -0.1) is 11.6 Å². The fourth-order valence-electron chi connectivity index (χ4n) is 3.17. The van der Waals surface area contributed by atoms with E-state index in [1.807, 2.05) is 0 Å².